The van der Waals surface area contributed by atoms with Gasteiger partial charge in [-0.1, -0.05) is 6.07 Å². The van der Waals surface area contributed by atoms with Crippen LogP contribution < -0.4 is 0 Å². The predicted octanol–water partition coefficient (Wildman–Crippen LogP) is 3.71. The predicted molar refractivity (Wildman–Crippen MR) is 85.3 cm³/mol. The summed E-state index contributed by atoms with van der Waals surface area (Å²) in [7, 11) is 0. The molecule has 0 aliphatic carbocycles. The maximum Gasteiger partial charge on any atom is 0.271 e. The summed E-state index contributed by atoms with van der Waals surface area (Å²) in [6.07, 6.45) is 3.26. The van der Waals surface area contributed by atoms with Crippen LogP contribution in [0.25, 0.3) is 21.7 Å². The molecule has 7 nitrogen and oxygen atoms in total. The monoisotopic (exact) mass is 326 g/mol. The molecule has 8 heteroatoms. The van der Waals surface area contributed by atoms with Gasteiger partial charge in [0.15, 0.2) is 0 Å². The average molecular weight is 326 g/mol. The van der Waals surface area contributed by atoms with Gasteiger partial charge in [0.1, 0.15) is 12.0 Å². The number of hydrogen-bond donors (Lipinski definition) is 0. The topological polar surface area (TPSA) is 87.0 Å². The Morgan fingerprint density at radius 1 is 1.35 bits per heavy atom. The molecule has 0 amide bonds. The lowest BCUT2D eigenvalue weighted by molar-refractivity contribution is -0.384. The van der Waals surface area contributed by atoms with Gasteiger partial charge in [0.05, 0.1) is 28.1 Å². The van der Waals surface area contributed by atoms with Gasteiger partial charge in [0, 0.05) is 17.5 Å². The molecule has 1 aromatic carbocycles. The summed E-state index contributed by atoms with van der Waals surface area (Å²) >= 11 is 1.55. The molecule has 114 valence electrons. The van der Waals surface area contributed by atoms with Crippen LogP contribution in [0.1, 0.15) is 5.69 Å². The minimum absolute atomic E-state index is 0.0404. The number of rotatable bonds is 4. The molecule has 0 N–H and O–H groups in total. The number of nitro benzene ring substituents is 1. The average Bonchev–Trinajstić information content (AvgIpc) is 3.27. The lowest BCUT2D eigenvalue weighted by Crippen LogP contribution is -2.02. The maximum absolute atomic E-state index is 10.9. The van der Waals surface area contributed by atoms with Crippen LogP contribution in [0.3, 0.4) is 0 Å². The first kappa shape index (κ1) is 13.6. The summed E-state index contributed by atoms with van der Waals surface area (Å²) in [5, 5.41) is 18.0. The highest BCUT2D eigenvalue weighted by Gasteiger charge is 2.13. The normalized spacial score (nSPS) is 11.1. The van der Waals surface area contributed by atoms with E-state index in [9.17, 15) is 10.1 Å². The molecule has 0 unspecified atom stereocenters. The van der Waals surface area contributed by atoms with Crippen molar-refractivity contribution in [2.24, 2.45) is 0 Å². The quantitative estimate of drug-likeness (QED) is 0.421. The van der Waals surface area contributed by atoms with Crippen molar-refractivity contribution in [3.63, 3.8) is 0 Å². The molecule has 0 fully saturated rings. The van der Waals surface area contributed by atoms with Crippen LogP contribution in [0, 0.1) is 10.1 Å². The Balaban J connectivity index is 1.67. The Hall–Kier alpha value is -3.00. The Bertz CT molecular complexity index is 987. The molecule has 23 heavy (non-hydrogen) atoms. The van der Waals surface area contributed by atoms with Gasteiger partial charge in [-0.3, -0.25) is 14.8 Å². The van der Waals surface area contributed by atoms with Crippen LogP contribution in [-0.2, 0) is 6.54 Å². The largest absolute Gasteiger partial charge is 0.443 e. The van der Waals surface area contributed by atoms with E-state index >= 15 is 0 Å². The third-order valence-electron chi connectivity index (χ3n) is 3.43. The second-order valence-corrected chi connectivity index (χ2v) is 5.87. The molecule has 0 bridgehead atoms. The number of oxazole rings is 1. The lowest BCUT2D eigenvalue weighted by atomic mass is 10.2. The number of nitrogens with zero attached hydrogens (tertiary/aromatic N) is 4. The van der Waals surface area contributed by atoms with Crippen molar-refractivity contribution in [3.8, 4) is 10.8 Å². The summed E-state index contributed by atoms with van der Waals surface area (Å²) in [6.45, 7) is 0.388. The zero-order valence-corrected chi connectivity index (χ0v) is 12.6. The van der Waals surface area contributed by atoms with Crippen LogP contribution in [0.2, 0.25) is 0 Å². The highest BCUT2D eigenvalue weighted by molar-refractivity contribution is 7.13. The van der Waals surface area contributed by atoms with E-state index in [1.165, 1.54) is 12.1 Å². The van der Waals surface area contributed by atoms with E-state index < -0.39 is 4.92 Å². The van der Waals surface area contributed by atoms with E-state index in [0.29, 0.717) is 23.6 Å². The van der Waals surface area contributed by atoms with E-state index in [2.05, 4.69) is 10.1 Å². The molecule has 3 heterocycles. The van der Waals surface area contributed by atoms with Crippen LogP contribution in [-0.4, -0.2) is 19.7 Å². The fourth-order valence-electron chi connectivity index (χ4n) is 2.34. The molecule has 4 rings (SSSR count). The van der Waals surface area contributed by atoms with E-state index in [1.807, 2.05) is 17.5 Å². The summed E-state index contributed by atoms with van der Waals surface area (Å²) in [4.78, 5) is 15.9. The minimum atomic E-state index is -0.415. The third kappa shape index (κ3) is 2.49. The summed E-state index contributed by atoms with van der Waals surface area (Å²) < 4.78 is 7.16. The summed E-state index contributed by atoms with van der Waals surface area (Å²) in [5.74, 6) is 0.567. The Labute approximate surface area is 134 Å². The van der Waals surface area contributed by atoms with Crippen molar-refractivity contribution in [2.75, 3.05) is 0 Å². The molecule has 0 saturated carbocycles. The number of thiophene rings is 1. The number of fused-ring (bicyclic) bond motifs is 1. The Morgan fingerprint density at radius 2 is 2.26 bits per heavy atom. The fourth-order valence-corrected chi connectivity index (χ4v) is 3.00. The first-order chi connectivity index (χ1) is 11.2. The second-order valence-electron chi connectivity index (χ2n) is 4.92. The van der Waals surface area contributed by atoms with Crippen LogP contribution in [0.5, 0.6) is 0 Å². The van der Waals surface area contributed by atoms with E-state index in [4.69, 9.17) is 4.42 Å². The SMILES string of the molecule is O=[N+]([O-])c1ccc2cnn(Cc3coc(-c4cccs4)n3)c2c1. The van der Waals surface area contributed by atoms with Crippen LogP contribution in [0.4, 0.5) is 5.69 Å². The highest BCUT2D eigenvalue weighted by Crippen LogP contribution is 2.25. The Morgan fingerprint density at radius 3 is 3.04 bits per heavy atom. The fraction of sp³-hybridized carbons (Fsp3) is 0.0667. The van der Waals surface area contributed by atoms with Crippen LogP contribution >= 0.6 is 11.3 Å². The molecule has 0 saturated heterocycles. The van der Waals surface area contributed by atoms with Crippen molar-refractivity contribution in [3.05, 3.63) is 64.0 Å². The van der Waals surface area contributed by atoms with Gasteiger partial charge in [-0.15, -0.1) is 11.3 Å². The van der Waals surface area contributed by atoms with Gasteiger partial charge >= 0.3 is 0 Å². The molecule has 0 aliphatic rings. The Kier molecular flexibility index (Phi) is 3.16. The molecule has 0 spiro atoms. The smallest absolute Gasteiger partial charge is 0.271 e. The van der Waals surface area contributed by atoms with Gasteiger partial charge in [0.2, 0.25) is 5.89 Å². The number of benzene rings is 1. The van der Waals surface area contributed by atoms with Crippen molar-refractivity contribution in [1.82, 2.24) is 14.8 Å². The second kappa shape index (κ2) is 5.33. The number of non-ortho nitro benzene ring substituents is 1. The van der Waals surface area contributed by atoms with E-state index in [0.717, 1.165) is 10.3 Å². The van der Waals surface area contributed by atoms with Gasteiger partial charge < -0.3 is 4.42 Å². The van der Waals surface area contributed by atoms with Crippen molar-refractivity contribution in [2.45, 2.75) is 6.54 Å². The van der Waals surface area contributed by atoms with Gasteiger partial charge in [0.25, 0.3) is 5.69 Å². The number of nitro groups is 1. The van der Waals surface area contributed by atoms with E-state index in [-0.39, 0.29) is 5.69 Å². The van der Waals surface area contributed by atoms with Gasteiger partial charge in [-0.05, 0) is 17.5 Å². The van der Waals surface area contributed by atoms with Crippen molar-refractivity contribution < 1.29 is 9.34 Å². The zero-order chi connectivity index (χ0) is 15.8. The van der Waals surface area contributed by atoms with Gasteiger partial charge in [-0.2, -0.15) is 5.10 Å². The molecule has 0 aliphatic heterocycles. The molecule has 3 aromatic heterocycles. The van der Waals surface area contributed by atoms with Crippen molar-refractivity contribution in [1.29, 1.82) is 0 Å². The van der Waals surface area contributed by atoms with Crippen molar-refractivity contribution >= 4 is 27.9 Å². The number of aromatic nitrogens is 3. The third-order valence-corrected chi connectivity index (χ3v) is 4.29. The molecule has 0 radical (unpaired) electrons. The maximum atomic E-state index is 10.9. The standard InChI is InChI=1S/C15H10N4O3S/c20-19(21)12-4-3-10-7-16-18(13(10)6-12)8-11-9-22-15(17-11)14-2-1-5-23-14/h1-7,9H,8H2. The number of hydrogen-bond acceptors (Lipinski definition) is 6. The van der Waals surface area contributed by atoms with Gasteiger partial charge in [-0.25, -0.2) is 4.98 Å². The first-order valence-corrected chi connectivity index (χ1v) is 7.67. The molecule has 0 atom stereocenters. The molecule has 4 aromatic rings. The molecular weight excluding hydrogens is 316 g/mol. The summed E-state index contributed by atoms with van der Waals surface area (Å²) in [5.41, 5.74) is 1.45. The van der Waals surface area contributed by atoms with Crippen LogP contribution in [0.15, 0.2) is 52.6 Å². The highest BCUT2D eigenvalue weighted by atomic mass is 32.1. The minimum Gasteiger partial charge on any atom is -0.443 e. The summed E-state index contributed by atoms with van der Waals surface area (Å²) in [6, 6.07) is 8.55. The lowest BCUT2D eigenvalue weighted by Gasteiger charge is -2.00. The van der Waals surface area contributed by atoms with E-state index in [1.54, 1.807) is 34.5 Å². The first-order valence-electron chi connectivity index (χ1n) is 6.79. The molecular formula is C15H10N4O3S. The zero-order valence-electron chi connectivity index (χ0n) is 11.7.